The number of carbonyl (C=O) groups excluding carboxylic acids is 1. The average Bonchev–Trinajstić information content (AvgIpc) is 2.36. The molecule has 0 heterocycles. The van der Waals surface area contributed by atoms with Crippen LogP contribution < -0.4 is 10.1 Å². The van der Waals surface area contributed by atoms with Crippen molar-refractivity contribution in [3.63, 3.8) is 0 Å². The topological polar surface area (TPSA) is 58.6 Å². The van der Waals surface area contributed by atoms with Crippen molar-refractivity contribution in [1.29, 1.82) is 0 Å². The lowest BCUT2D eigenvalue weighted by molar-refractivity contribution is -0.120. The number of hydrogen-bond acceptors (Lipinski definition) is 3. The van der Waals surface area contributed by atoms with E-state index in [0.717, 1.165) is 29.7 Å². The van der Waals surface area contributed by atoms with E-state index in [1.54, 1.807) is 7.11 Å². The first-order chi connectivity index (χ1) is 8.55. The lowest BCUT2D eigenvalue weighted by Gasteiger charge is -2.34. The van der Waals surface area contributed by atoms with Gasteiger partial charge in [0, 0.05) is 6.92 Å². The summed E-state index contributed by atoms with van der Waals surface area (Å²) in [5.41, 5.74) is 1.06. The quantitative estimate of drug-likeness (QED) is 0.850. The van der Waals surface area contributed by atoms with Gasteiger partial charge in [-0.05, 0) is 42.5 Å². The van der Waals surface area contributed by atoms with Crippen LogP contribution in [0.5, 0.6) is 5.75 Å². The highest BCUT2D eigenvalue weighted by Crippen LogP contribution is 2.36. The predicted molar refractivity (Wildman–Crippen MR) is 68.5 cm³/mol. The normalized spacial score (nSPS) is 22.2. The number of carbonyl (C=O) groups is 1. The second kappa shape index (κ2) is 4.98. The van der Waals surface area contributed by atoms with E-state index >= 15 is 0 Å². The summed E-state index contributed by atoms with van der Waals surface area (Å²) in [6, 6.07) is 5.71. The van der Waals surface area contributed by atoms with Crippen LogP contribution >= 0.6 is 0 Å². The fourth-order valence-electron chi connectivity index (χ4n) is 2.52. The Kier molecular flexibility index (Phi) is 3.57. The van der Waals surface area contributed by atoms with Gasteiger partial charge in [-0.25, -0.2) is 0 Å². The fourth-order valence-corrected chi connectivity index (χ4v) is 2.52. The van der Waals surface area contributed by atoms with Crippen LogP contribution in [0.3, 0.4) is 0 Å². The van der Waals surface area contributed by atoms with Crippen LogP contribution in [0.2, 0.25) is 0 Å². The number of hydrogen-bond donors (Lipinski definition) is 2. The molecule has 0 aromatic heterocycles. The first kappa shape index (κ1) is 12.9. The summed E-state index contributed by atoms with van der Waals surface area (Å²) < 4.78 is 5.20. The van der Waals surface area contributed by atoms with E-state index < -0.39 is 5.60 Å². The van der Waals surface area contributed by atoms with Crippen molar-refractivity contribution in [3.8, 4) is 5.75 Å². The molecule has 98 valence electrons. The van der Waals surface area contributed by atoms with E-state index in [0.29, 0.717) is 6.42 Å². The van der Waals surface area contributed by atoms with Crippen LogP contribution in [0, 0.1) is 0 Å². The molecular weight excluding hydrogens is 230 g/mol. The van der Waals surface area contributed by atoms with Crippen molar-refractivity contribution < 1.29 is 14.6 Å². The van der Waals surface area contributed by atoms with Crippen molar-refractivity contribution in [2.24, 2.45) is 0 Å². The predicted octanol–water partition coefficient (Wildman–Crippen LogP) is 1.36. The van der Waals surface area contributed by atoms with Gasteiger partial charge < -0.3 is 15.2 Å². The third-order valence-electron chi connectivity index (χ3n) is 3.48. The van der Waals surface area contributed by atoms with Gasteiger partial charge in [0.05, 0.1) is 13.7 Å². The van der Waals surface area contributed by atoms with Gasteiger partial charge in [-0.15, -0.1) is 0 Å². The van der Waals surface area contributed by atoms with Gasteiger partial charge in [-0.3, -0.25) is 4.79 Å². The molecule has 0 radical (unpaired) electrons. The Bertz CT molecular complexity index is 458. The molecule has 1 atom stereocenters. The molecule has 0 fully saturated rings. The molecule has 4 nitrogen and oxygen atoms in total. The van der Waals surface area contributed by atoms with E-state index in [4.69, 9.17) is 4.74 Å². The third-order valence-corrected chi connectivity index (χ3v) is 3.48. The Morgan fingerprint density at radius 3 is 3.00 bits per heavy atom. The van der Waals surface area contributed by atoms with E-state index in [-0.39, 0.29) is 12.5 Å². The molecule has 18 heavy (non-hydrogen) atoms. The van der Waals surface area contributed by atoms with Crippen LogP contribution in [-0.2, 0) is 16.8 Å². The highest BCUT2D eigenvalue weighted by Gasteiger charge is 2.34. The number of amides is 1. The number of aryl methyl sites for hydroxylation is 1. The highest BCUT2D eigenvalue weighted by molar-refractivity contribution is 5.73. The van der Waals surface area contributed by atoms with E-state index in [1.807, 2.05) is 18.2 Å². The smallest absolute Gasteiger partial charge is 0.216 e. The maximum absolute atomic E-state index is 11.0. The third kappa shape index (κ3) is 2.48. The lowest BCUT2D eigenvalue weighted by atomic mass is 9.79. The lowest BCUT2D eigenvalue weighted by Crippen LogP contribution is -2.42. The van der Waals surface area contributed by atoms with Gasteiger partial charge >= 0.3 is 0 Å². The highest BCUT2D eigenvalue weighted by atomic mass is 16.5. The van der Waals surface area contributed by atoms with Gasteiger partial charge in [0.2, 0.25) is 5.91 Å². The zero-order chi connectivity index (χ0) is 13.2. The molecule has 0 spiro atoms. The average molecular weight is 249 g/mol. The number of fused-ring (bicyclic) bond motifs is 1. The largest absolute Gasteiger partial charge is 0.497 e. The first-order valence-corrected chi connectivity index (χ1v) is 6.19. The number of methoxy groups -OCH3 is 1. The minimum Gasteiger partial charge on any atom is -0.497 e. The minimum atomic E-state index is -0.953. The summed E-state index contributed by atoms with van der Waals surface area (Å²) in [6.45, 7) is 1.72. The molecule has 0 saturated carbocycles. The molecule has 2 rings (SSSR count). The van der Waals surface area contributed by atoms with Gasteiger partial charge in [0.15, 0.2) is 0 Å². The van der Waals surface area contributed by atoms with Crippen molar-refractivity contribution in [2.45, 2.75) is 31.8 Å². The summed E-state index contributed by atoms with van der Waals surface area (Å²) >= 11 is 0. The molecule has 1 aromatic rings. The molecule has 0 aliphatic heterocycles. The molecule has 1 aromatic carbocycles. The van der Waals surface area contributed by atoms with Crippen LogP contribution in [0.1, 0.15) is 30.9 Å². The summed E-state index contributed by atoms with van der Waals surface area (Å²) in [7, 11) is 1.63. The molecule has 0 bridgehead atoms. The Hall–Kier alpha value is -1.55. The molecule has 1 amide bonds. The number of ether oxygens (including phenoxy) is 1. The second-order valence-electron chi connectivity index (χ2n) is 4.82. The maximum Gasteiger partial charge on any atom is 0.216 e. The SMILES string of the molecule is COc1ccc2c(c1)CCCC2(O)CNC(C)=O. The van der Waals surface area contributed by atoms with E-state index in [9.17, 15) is 9.90 Å². The van der Waals surface area contributed by atoms with E-state index in [1.165, 1.54) is 6.92 Å². The molecule has 2 N–H and O–H groups in total. The number of rotatable bonds is 3. The molecule has 0 saturated heterocycles. The van der Waals surface area contributed by atoms with E-state index in [2.05, 4.69) is 5.32 Å². The fraction of sp³-hybridized carbons (Fsp3) is 0.500. The van der Waals surface area contributed by atoms with Gasteiger partial charge in [0.1, 0.15) is 11.4 Å². The van der Waals surface area contributed by atoms with Crippen molar-refractivity contribution in [1.82, 2.24) is 5.32 Å². The van der Waals surface area contributed by atoms with Crippen LogP contribution in [0.25, 0.3) is 0 Å². The number of nitrogens with one attached hydrogen (secondary N) is 1. The molecule has 1 unspecified atom stereocenters. The van der Waals surface area contributed by atoms with Gasteiger partial charge in [0.25, 0.3) is 0 Å². The van der Waals surface area contributed by atoms with Gasteiger partial charge in [-0.2, -0.15) is 0 Å². The van der Waals surface area contributed by atoms with Crippen LogP contribution in [0.4, 0.5) is 0 Å². The zero-order valence-corrected chi connectivity index (χ0v) is 10.8. The maximum atomic E-state index is 11.0. The van der Waals surface area contributed by atoms with Crippen molar-refractivity contribution in [2.75, 3.05) is 13.7 Å². The summed E-state index contributed by atoms with van der Waals surface area (Å²) in [6.07, 6.45) is 2.53. The Morgan fingerprint density at radius 2 is 2.33 bits per heavy atom. The minimum absolute atomic E-state index is 0.121. The molecule has 1 aliphatic carbocycles. The first-order valence-electron chi connectivity index (χ1n) is 6.19. The van der Waals surface area contributed by atoms with Crippen molar-refractivity contribution >= 4 is 5.91 Å². The van der Waals surface area contributed by atoms with Crippen LogP contribution in [-0.4, -0.2) is 24.7 Å². The summed E-state index contributed by atoms with van der Waals surface area (Å²) in [5, 5.41) is 13.4. The van der Waals surface area contributed by atoms with Crippen LogP contribution in [0.15, 0.2) is 18.2 Å². The molecule has 4 heteroatoms. The molecule has 1 aliphatic rings. The number of benzene rings is 1. The standard InChI is InChI=1S/C14H19NO3/c1-10(16)15-9-14(17)7-3-4-11-8-12(18-2)5-6-13(11)14/h5-6,8,17H,3-4,7,9H2,1-2H3,(H,15,16). The number of aliphatic hydroxyl groups is 1. The zero-order valence-electron chi connectivity index (χ0n) is 10.8. The Labute approximate surface area is 107 Å². The Morgan fingerprint density at radius 1 is 1.56 bits per heavy atom. The Balaban J connectivity index is 2.29. The molecular formula is C14H19NO3. The van der Waals surface area contributed by atoms with Crippen molar-refractivity contribution in [3.05, 3.63) is 29.3 Å². The second-order valence-corrected chi connectivity index (χ2v) is 4.82. The van der Waals surface area contributed by atoms with Gasteiger partial charge in [-0.1, -0.05) is 6.07 Å². The monoisotopic (exact) mass is 249 g/mol. The summed E-state index contributed by atoms with van der Waals surface area (Å²) in [5.74, 6) is 0.682. The summed E-state index contributed by atoms with van der Waals surface area (Å²) in [4.78, 5) is 11.0.